The fourth-order valence-corrected chi connectivity index (χ4v) is 2.89. The first kappa shape index (κ1) is 13.0. The number of carbonyl (C=O) groups is 1. The second kappa shape index (κ2) is 5.58. The Hall–Kier alpha value is -1.96. The van der Waals surface area contributed by atoms with Crippen LogP contribution in [0.1, 0.15) is 42.6 Å². The van der Waals surface area contributed by atoms with E-state index in [1.807, 2.05) is 0 Å². The summed E-state index contributed by atoms with van der Waals surface area (Å²) in [5, 5.41) is 10.1. The first-order valence-corrected chi connectivity index (χ1v) is 7.45. The van der Waals surface area contributed by atoms with Crippen molar-refractivity contribution in [1.82, 2.24) is 20.0 Å². The van der Waals surface area contributed by atoms with Crippen LogP contribution < -0.4 is 5.73 Å². The van der Waals surface area contributed by atoms with E-state index in [-0.39, 0.29) is 17.6 Å². The molecule has 0 spiro atoms. The van der Waals surface area contributed by atoms with Crippen LogP contribution in [0.5, 0.6) is 0 Å². The van der Waals surface area contributed by atoms with Gasteiger partial charge in [0.25, 0.3) is 0 Å². The van der Waals surface area contributed by atoms with E-state index in [1.54, 1.807) is 11.6 Å². The maximum absolute atomic E-state index is 12.1. The highest BCUT2D eigenvalue weighted by Crippen LogP contribution is 2.23. The first-order valence-electron chi connectivity index (χ1n) is 6.57. The number of aromatic nitrogens is 4. The fourth-order valence-electron chi connectivity index (χ4n) is 2.29. The van der Waals surface area contributed by atoms with Crippen LogP contribution in [0.4, 0.5) is 5.82 Å². The number of hydrogen-bond donors (Lipinski definition) is 1. The smallest absolute Gasteiger partial charge is 0.363 e. The minimum atomic E-state index is -0.503. The molecule has 7 nitrogen and oxygen atoms in total. The zero-order valence-corrected chi connectivity index (χ0v) is 11.7. The predicted molar refractivity (Wildman–Crippen MR) is 73.7 cm³/mol. The Morgan fingerprint density at radius 3 is 2.90 bits per heavy atom. The van der Waals surface area contributed by atoms with E-state index in [0.29, 0.717) is 5.13 Å². The van der Waals surface area contributed by atoms with Gasteiger partial charge in [-0.1, -0.05) is 11.6 Å². The van der Waals surface area contributed by atoms with Gasteiger partial charge in [-0.25, -0.2) is 9.78 Å². The number of esters is 1. The fraction of sp³-hybridized carbons (Fsp3) is 0.500. The molecule has 3 rings (SSSR count). The number of nitrogens with zero attached hydrogens (tertiary/aromatic N) is 4. The van der Waals surface area contributed by atoms with Crippen molar-refractivity contribution in [3.8, 4) is 5.13 Å². The molecule has 106 valence electrons. The van der Waals surface area contributed by atoms with Gasteiger partial charge in [0.2, 0.25) is 10.8 Å². The van der Waals surface area contributed by atoms with Gasteiger partial charge in [-0.2, -0.15) is 4.68 Å². The molecule has 2 N–H and O–H groups in total. The average molecular weight is 293 g/mol. The monoisotopic (exact) mass is 293 g/mol. The van der Waals surface area contributed by atoms with Crippen molar-refractivity contribution in [2.24, 2.45) is 0 Å². The van der Waals surface area contributed by atoms with E-state index < -0.39 is 5.97 Å². The molecule has 1 saturated carbocycles. The number of anilines is 1. The van der Waals surface area contributed by atoms with Crippen LogP contribution in [0.2, 0.25) is 0 Å². The second-order valence-corrected chi connectivity index (χ2v) is 5.59. The molecule has 0 aliphatic heterocycles. The quantitative estimate of drug-likeness (QED) is 0.867. The van der Waals surface area contributed by atoms with Crippen LogP contribution in [0, 0.1) is 0 Å². The molecule has 20 heavy (non-hydrogen) atoms. The molecule has 2 heterocycles. The lowest BCUT2D eigenvalue weighted by atomic mass is 9.98. The van der Waals surface area contributed by atoms with Crippen molar-refractivity contribution in [1.29, 1.82) is 0 Å². The van der Waals surface area contributed by atoms with Crippen molar-refractivity contribution in [3.05, 3.63) is 17.3 Å². The van der Waals surface area contributed by atoms with Gasteiger partial charge in [0.15, 0.2) is 5.82 Å². The maximum atomic E-state index is 12.1. The van der Waals surface area contributed by atoms with Crippen LogP contribution >= 0.6 is 11.3 Å². The number of thiazole rings is 1. The second-order valence-electron chi connectivity index (χ2n) is 4.72. The van der Waals surface area contributed by atoms with Gasteiger partial charge in [-0.15, -0.1) is 16.4 Å². The Morgan fingerprint density at radius 1 is 1.40 bits per heavy atom. The maximum Gasteiger partial charge on any atom is 0.363 e. The molecular weight excluding hydrogens is 278 g/mol. The summed E-state index contributed by atoms with van der Waals surface area (Å²) in [7, 11) is 0. The third-order valence-corrected chi connectivity index (χ3v) is 4.07. The van der Waals surface area contributed by atoms with E-state index in [2.05, 4.69) is 15.3 Å². The minimum Gasteiger partial charge on any atom is -0.458 e. The molecule has 1 fully saturated rings. The predicted octanol–water partition coefficient (Wildman–Crippen LogP) is 1.80. The zero-order valence-electron chi connectivity index (χ0n) is 10.9. The molecule has 0 radical (unpaired) electrons. The third-order valence-electron chi connectivity index (χ3n) is 3.32. The molecule has 0 aromatic carbocycles. The first-order chi connectivity index (χ1) is 9.75. The number of hydrogen-bond acceptors (Lipinski definition) is 7. The molecule has 0 unspecified atom stereocenters. The molecule has 0 atom stereocenters. The summed E-state index contributed by atoms with van der Waals surface area (Å²) in [6.45, 7) is 0. The van der Waals surface area contributed by atoms with Crippen molar-refractivity contribution in [3.63, 3.8) is 0 Å². The van der Waals surface area contributed by atoms with Crippen molar-refractivity contribution < 1.29 is 9.53 Å². The highest BCUT2D eigenvalue weighted by Gasteiger charge is 2.24. The standard InChI is InChI=1S/C12H15N5O2S/c13-10-9(11(18)19-8-4-2-1-3-5-8)15-16-17(10)12-14-6-7-20-12/h6-8H,1-5,13H2. The highest BCUT2D eigenvalue weighted by atomic mass is 32.1. The van der Waals surface area contributed by atoms with Gasteiger partial charge in [0.1, 0.15) is 6.10 Å². The van der Waals surface area contributed by atoms with Gasteiger partial charge in [0.05, 0.1) is 0 Å². The summed E-state index contributed by atoms with van der Waals surface area (Å²) in [5.74, 6) is -0.335. The topological polar surface area (TPSA) is 95.9 Å². The number of carbonyl (C=O) groups excluding carboxylic acids is 1. The lowest BCUT2D eigenvalue weighted by Crippen LogP contribution is -2.21. The van der Waals surface area contributed by atoms with Gasteiger partial charge < -0.3 is 10.5 Å². The van der Waals surface area contributed by atoms with E-state index in [9.17, 15) is 4.79 Å². The Morgan fingerprint density at radius 2 is 2.20 bits per heavy atom. The van der Waals surface area contributed by atoms with Crippen LogP contribution in [-0.4, -0.2) is 32.1 Å². The van der Waals surface area contributed by atoms with Gasteiger partial charge in [-0.05, 0) is 25.7 Å². The molecule has 2 aromatic heterocycles. The highest BCUT2D eigenvalue weighted by molar-refractivity contribution is 7.12. The molecule has 1 aliphatic rings. The Kier molecular flexibility index (Phi) is 3.64. The minimum absolute atomic E-state index is 0.0272. The largest absolute Gasteiger partial charge is 0.458 e. The van der Waals surface area contributed by atoms with Gasteiger partial charge >= 0.3 is 5.97 Å². The van der Waals surface area contributed by atoms with Crippen molar-refractivity contribution in [2.45, 2.75) is 38.2 Å². The summed E-state index contributed by atoms with van der Waals surface area (Å²) in [4.78, 5) is 16.2. The number of nitrogen functional groups attached to an aromatic ring is 1. The number of ether oxygens (including phenoxy) is 1. The summed E-state index contributed by atoms with van der Waals surface area (Å²) in [6, 6.07) is 0. The van der Waals surface area contributed by atoms with Crippen LogP contribution in [0.25, 0.3) is 5.13 Å². The summed E-state index contributed by atoms with van der Waals surface area (Å²) >= 11 is 1.37. The summed E-state index contributed by atoms with van der Waals surface area (Å²) in [5.41, 5.74) is 5.97. The van der Waals surface area contributed by atoms with Gasteiger partial charge in [-0.3, -0.25) is 0 Å². The lowest BCUT2D eigenvalue weighted by Gasteiger charge is -2.21. The normalized spacial score (nSPS) is 16.2. The molecule has 0 bridgehead atoms. The molecule has 2 aromatic rings. The van der Waals surface area contributed by atoms with E-state index in [1.165, 1.54) is 22.4 Å². The molecule has 0 saturated heterocycles. The molecule has 1 aliphatic carbocycles. The van der Waals surface area contributed by atoms with Crippen molar-refractivity contribution in [2.75, 3.05) is 5.73 Å². The van der Waals surface area contributed by atoms with Crippen LogP contribution in [-0.2, 0) is 4.74 Å². The van der Waals surface area contributed by atoms with E-state index in [4.69, 9.17) is 10.5 Å². The molecule has 0 amide bonds. The Labute approximate surface area is 119 Å². The summed E-state index contributed by atoms with van der Waals surface area (Å²) < 4.78 is 6.79. The number of rotatable bonds is 3. The molecule has 8 heteroatoms. The van der Waals surface area contributed by atoms with E-state index >= 15 is 0 Å². The van der Waals surface area contributed by atoms with E-state index in [0.717, 1.165) is 25.7 Å². The molecular formula is C12H15N5O2S. The van der Waals surface area contributed by atoms with Crippen molar-refractivity contribution >= 4 is 23.1 Å². The van der Waals surface area contributed by atoms with Crippen LogP contribution in [0.3, 0.4) is 0 Å². The lowest BCUT2D eigenvalue weighted by molar-refractivity contribution is 0.0205. The van der Waals surface area contributed by atoms with Crippen LogP contribution in [0.15, 0.2) is 11.6 Å². The SMILES string of the molecule is Nc1c(C(=O)OC2CCCCC2)nnn1-c1nccs1. The Bertz CT molecular complexity index is 589. The van der Waals surface area contributed by atoms with Gasteiger partial charge in [0, 0.05) is 11.6 Å². The zero-order chi connectivity index (χ0) is 13.9. The Balaban J connectivity index is 1.75. The average Bonchev–Trinajstić information content (AvgIpc) is 3.08. The third kappa shape index (κ3) is 2.51. The number of nitrogens with two attached hydrogens (primary N) is 1. The summed E-state index contributed by atoms with van der Waals surface area (Å²) in [6.07, 6.45) is 6.83.